The summed E-state index contributed by atoms with van der Waals surface area (Å²) in [5.74, 6) is 0. The molecule has 0 aliphatic carbocycles. The van der Waals surface area contributed by atoms with Crippen LogP contribution < -0.4 is 10.6 Å². The van der Waals surface area contributed by atoms with E-state index in [9.17, 15) is 9.59 Å². The fraction of sp³-hybridized carbons (Fsp3) is 0.273. The Morgan fingerprint density at radius 1 is 1.25 bits per heavy atom. The van der Waals surface area contributed by atoms with Crippen molar-refractivity contribution >= 4 is 17.8 Å². The molecule has 86 valence electrons. The Labute approximate surface area is 93.8 Å². The lowest BCUT2D eigenvalue weighted by molar-refractivity contribution is 0.154. The smallest absolute Gasteiger partial charge is 0.415 e. The molecule has 0 aliphatic heterocycles. The van der Waals surface area contributed by atoms with E-state index in [1.165, 1.54) is 0 Å². The topological polar surface area (TPSA) is 67.4 Å². The van der Waals surface area contributed by atoms with Gasteiger partial charge in [0.15, 0.2) is 0 Å². The Balaban J connectivity index is 2.45. The van der Waals surface area contributed by atoms with Crippen molar-refractivity contribution in [2.45, 2.75) is 13.8 Å². The number of hydrogen-bond acceptors (Lipinski definition) is 3. The van der Waals surface area contributed by atoms with Crippen LogP contribution in [0.15, 0.2) is 24.3 Å². The van der Waals surface area contributed by atoms with Gasteiger partial charge in [0.25, 0.3) is 0 Å². The summed E-state index contributed by atoms with van der Waals surface area (Å²) in [7, 11) is 0. The van der Waals surface area contributed by atoms with Gasteiger partial charge in [0.2, 0.25) is 0 Å². The maximum Gasteiger partial charge on any atom is 0.415 e. The lowest BCUT2D eigenvalue weighted by Crippen LogP contribution is -2.34. The molecule has 0 radical (unpaired) electrons. The third-order valence-electron chi connectivity index (χ3n) is 1.80. The Morgan fingerprint density at radius 2 is 1.88 bits per heavy atom. The first-order valence-corrected chi connectivity index (χ1v) is 4.93. The number of nitrogens with one attached hydrogen (secondary N) is 2. The summed E-state index contributed by atoms with van der Waals surface area (Å²) in [6.45, 7) is 3.84. The van der Waals surface area contributed by atoms with E-state index in [4.69, 9.17) is 0 Å². The number of hydrogen-bond donors (Lipinski definition) is 2. The zero-order valence-electron chi connectivity index (χ0n) is 9.24. The molecule has 0 unspecified atom stereocenters. The number of rotatable bonds is 2. The highest BCUT2D eigenvalue weighted by atomic mass is 16.5. The number of alkyl carbamates (subject to hydrolysis) is 1. The van der Waals surface area contributed by atoms with Gasteiger partial charge in [0, 0.05) is 5.69 Å². The zero-order valence-corrected chi connectivity index (χ0v) is 9.24. The van der Waals surface area contributed by atoms with Gasteiger partial charge in [-0.15, -0.1) is 0 Å². The van der Waals surface area contributed by atoms with Crippen molar-refractivity contribution in [3.63, 3.8) is 0 Å². The van der Waals surface area contributed by atoms with Crippen molar-refractivity contribution in [2.24, 2.45) is 0 Å². The van der Waals surface area contributed by atoms with Gasteiger partial charge in [-0.3, -0.25) is 0 Å². The fourth-order valence-electron chi connectivity index (χ4n) is 1.06. The molecule has 0 spiro atoms. The van der Waals surface area contributed by atoms with E-state index >= 15 is 0 Å². The maximum absolute atomic E-state index is 11.3. The first-order chi connectivity index (χ1) is 7.61. The minimum absolute atomic E-state index is 0.226. The van der Waals surface area contributed by atoms with Crippen molar-refractivity contribution < 1.29 is 14.3 Å². The zero-order chi connectivity index (χ0) is 12.0. The minimum atomic E-state index is -0.757. The third-order valence-corrected chi connectivity index (χ3v) is 1.80. The molecule has 0 heterocycles. The van der Waals surface area contributed by atoms with Crippen LogP contribution in [0.4, 0.5) is 15.3 Å². The normalized spacial score (nSPS) is 9.38. The molecule has 2 N–H and O–H groups in total. The summed E-state index contributed by atoms with van der Waals surface area (Å²) >= 11 is 0. The molecule has 16 heavy (non-hydrogen) atoms. The predicted octanol–water partition coefficient (Wildman–Crippen LogP) is 2.27. The molecule has 3 amide bonds. The summed E-state index contributed by atoms with van der Waals surface area (Å²) in [6.07, 6.45) is -0.757. The van der Waals surface area contributed by atoms with Crippen LogP contribution in [0.1, 0.15) is 12.5 Å². The molecule has 1 aromatic rings. The molecular weight excluding hydrogens is 208 g/mol. The van der Waals surface area contributed by atoms with Crippen LogP contribution in [0.5, 0.6) is 0 Å². The number of carbonyl (C=O) groups excluding carboxylic acids is 2. The lowest BCUT2D eigenvalue weighted by atomic mass is 10.2. The molecule has 0 fully saturated rings. The van der Waals surface area contributed by atoms with Crippen LogP contribution in [0, 0.1) is 6.92 Å². The fourth-order valence-corrected chi connectivity index (χ4v) is 1.06. The number of benzene rings is 1. The third kappa shape index (κ3) is 4.00. The number of amides is 3. The summed E-state index contributed by atoms with van der Waals surface area (Å²) in [5.41, 5.74) is 1.71. The van der Waals surface area contributed by atoms with Crippen LogP contribution in [0.25, 0.3) is 0 Å². The van der Waals surface area contributed by atoms with Crippen LogP contribution in [0.2, 0.25) is 0 Å². The second-order valence-corrected chi connectivity index (χ2v) is 3.17. The van der Waals surface area contributed by atoms with Gasteiger partial charge in [0.05, 0.1) is 6.61 Å². The van der Waals surface area contributed by atoms with E-state index < -0.39 is 12.1 Å². The van der Waals surface area contributed by atoms with Crippen LogP contribution >= 0.6 is 0 Å². The highest BCUT2D eigenvalue weighted by molar-refractivity contribution is 5.98. The summed E-state index contributed by atoms with van der Waals surface area (Å²) in [4.78, 5) is 22.2. The molecule has 5 heteroatoms. The number of carbonyl (C=O) groups is 2. The molecule has 0 bridgehead atoms. The monoisotopic (exact) mass is 222 g/mol. The van der Waals surface area contributed by atoms with Crippen LogP contribution in [-0.4, -0.2) is 18.7 Å². The van der Waals surface area contributed by atoms with Gasteiger partial charge in [-0.2, -0.15) is 0 Å². The second-order valence-electron chi connectivity index (χ2n) is 3.17. The molecule has 0 aliphatic rings. The van der Waals surface area contributed by atoms with Gasteiger partial charge in [-0.05, 0) is 26.0 Å². The van der Waals surface area contributed by atoms with Gasteiger partial charge < -0.3 is 10.1 Å². The van der Waals surface area contributed by atoms with E-state index in [0.717, 1.165) is 5.56 Å². The quantitative estimate of drug-likeness (QED) is 0.806. The molecule has 0 saturated carbocycles. The largest absolute Gasteiger partial charge is 0.450 e. The van der Waals surface area contributed by atoms with Crippen molar-refractivity contribution in [1.82, 2.24) is 5.32 Å². The summed E-state index contributed by atoms with van der Waals surface area (Å²) in [6, 6.07) is 6.61. The number of urea groups is 1. The van der Waals surface area contributed by atoms with Crippen molar-refractivity contribution in [2.75, 3.05) is 11.9 Å². The number of aryl methyl sites for hydroxylation is 1. The summed E-state index contributed by atoms with van der Waals surface area (Å²) in [5, 5.41) is 4.54. The molecule has 0 aromatic heterocycles. The molecule has 5 nitrogen and oxygen atoms in total. The Bertz CT molecular complexity index is 373. The highest BCUT2D eigenvalue weighted by Crippen LogP contribution is 2.07. The molecule has 1 aromatic carbocycles. The number of imide groups is 1. The van der Waals surface area contributed by atoms with Crippen molar-refractivity contribution in [1.29, 1.82) is 0 Å². The van der Waals surface area contributed by atoms with E-state index in [1.54, 1.807) is 19.1 Å². The molecule has 1 rings (SSSR count). The number of anilines is 1. The Morgan fingerprint density at radius 3 is 2.44 bits per heavy atom. The molecule has 0 atom stereocenters. The average molecular weight is 222 g/mol. The predicted molar refractivity (Wildman–Crippen MR) is 60.4 cm³/mol. The lowest BCUT2D eigenvalue weighted by Gasteiger charge is -2.06. The Hall–Kier alpha value is -2.04. The standard InChI is InChI=1S/C11H14N2O3/c1-3-16-11(15)13-10(14)12-9-6-4-8(2)5-7-9/h4-7H,3H2,1-2H3,(H2,12,13,14,15). The van der Waals surface area contributed by atoms with E-state index in [0.29, 0.717) is 5.69 Å². The first-order valence-electron chi connectivity index (χ1n) is 4.93. The van der Waals surface area contributed by atoms with Crippen molar-refractivity contribution in [3.8, 4) is 0 Å². The number of ether oxygens (including phenoxy) is 1. The van der Waals surface area contributed by atoms with E-state index in [2.05, 4.69) is 10.1 Å². The van der Waals surface area contributed by atoms with E-state index in [-0.39, 0.29) is 6.61 Å². The Kier molecular flexibility index (Phi) is 4.32. The SMILES string of the molecule is CCOC(=O)NC(=O)Nc1ccc(C)cc1. The van der Waals surface area contributed by atoms with Gasteiger partial charge in [-0.25, -0.2) is 14.9 Å². The maximum atomic E-state index is 11.3. The molecular formula is C11H14N2O3. The molecule has 0 saturated heterocycles. The van der Waals surface area contributed by atoms with Gasteiger partial charge >= 0.3 is 12.1 Å². The van der Waals surface area contributed by atoms with Gasteiger partial charge in [0.1, 0.15) is 0 Å². The highest BCUT2D eigenvalue weighted by Gasteiger charge is 2.07. The minimum Gasteiger partial charge on any atom is -0.450 e. The van der Waals surface area contributed by atoms with Gasteiger partial charge in [-0.1, -0.05) is 17.7 Å². The van der Waals surface area contributed by atoms with E-state index in [1.807, 2.05) is 24.4 Å². The summed E-state index contributed by atoms with van der Waals surface area (Å²) < 4.78 is 4.56. The average Bonchev–Trinajstić information content (AvgIpc) is 2.21. The first kappa shape index (κ1) is 12.0. The van der Waals surface area contributed by atoms with Crippen LogP contribution in [0.3, 0.4) is 0 Å². The van der Waals surface area contributed by atoms with Crippen molar-refractivity contribution in [3.05, 3.63) is 29.8 Å². The van der Waals surface area contributed by atoms with Crippen LogP contribution in [-0.2, 0) is 4.74 Å². The second kappa shape index (κ2) is 5.75.